The van der Waals surface area contributed by atoms with Gasteiger partial charge in [-0.2, -0.15) is 0 Å². The smallest absolute Gasteiger partial charge is 0.269 e. The van der Waals surface area contributed by atoms with Crippen molar-refractivity contribution in [2.45, 2.75) is 15.8 Å². The Kier molecular flexibility index (Phi) is 4.44. The van der Waals surface area contributed by atoms with Crippen LogP contribution in [0.1, 0.15) is 6.42 Å². The average Bonchev–Trinajstić information content (AvgIpc) is 2.39. The molecule has 2 rings (SSSR count). The van der Waals surface area contributed by atoms with Gasteiger partial charge in [0, 0.05) is 35.5 Å². The van der Waals surface area contributed by atoms with E-state index in [2.05, 4.69) is 15.9 Å². The van der Waals surface area contributed by atoms with Gasteiger partial charge >= 0.3 is 0 Å². The summed E-state index contributed by atoms with van der Waals surface area (Å²) in [6, 6.07) is 6.50. The van der Waals surface area contributed by atoms with Crippen molar-refractivity contribution in [3.8, 4) is 0 Å². The Balaban J connectivity index is 2.13. The van der Waals surface area contributed by atoms with E-state index in [1.54, 1.807) is 31.0 Å². The molecule has 0 aliphatic heterocycles. The van der Waals surface area contributed by atoms with E-state index in [1.165, 1.54) is 12.1 Å². The van der Waals surface area contributed by atoms with Crippen molar-refractivity contribution in [3.63, 3.8) is 0 Å². The largest absolute Gasteiger partial charge is 0.363 e. The maximum Gasteiger partial charge on any atom is 0.269 e. The van der Waals surface area contributed by atoms with Crippen molar-refractivity contribution in [1.29, 1.82) is 0 Å². The molecule has 1 aliphatic carbocycles. The molecule has 19 heavy (non-hydrogen) atoms. The van der Waals surface area contributed by atoms with Gasteiger partial charge < -0.3 is 4.74 Å². The highest BCUT2D eigenvalue weighted by atomic mass is 79.9. The second-order valence-electron chi connectivity index (χ2n) is 4.00. The topological polar surface area (TPSA) is 52.4 Å². The number of nitro groups is 1. The molecular formula is C13H12BrNO3S. The molecule has 1 atom stereocenters. The number of thioether (sulfide) groups is 1. The van der Waals surface area contributed by atoms with Crippen LogP contribution in [-0.2, 0) is 4.74 Å². The van der Waals surface area contributed by atoms with E-state index in [0.29, 0.717) is 0 Å². The van der Waals surface area contributed by atoms with Crippen molar-refractivity contribution in [2.24, 2.45) is 0 Å². The summed E-state index contributed by atoms with van der Waals surface area (Å²) in [5.74, 6) is 0. The monoisotopic (exact) mass is 341 g/mol. The van der Waals surface area contributed by atoms with Crippen LogP contribution in [0.3, 0.4) is 0 Å². The van der Waals surface area contributed by atoms with Gasteiger partial charge in [-0.1, -0.05) is 23.9 Å². The zero-order valence-electron chi connectivity index (χ0n) is 10.2. The van der Waals surface area contributed by atoms with E-state index in [0.717, 1.165) is 16.2 Å². The van der Waals surface area contributed by atoms with Crippen LogP contribution < -0.4 is 0 Å². The predicted molar refractivity (Wildman–Crippen MR) is 79.5 cm³/mol. The first-order valence-electron chi connectivity index (χ1n) is 5.58. The van der Waals surface area contributed by atoms with Gasteiger partial charge in [-0.25, -0.2) is 0 Å². The molecule has 0 spiro atoms. The normalized spacial score (nSPS) is 22.1. The van der Waals surface area contributed by atoms with Crippen molar-refractivity contribution < 1.29 is 9.66 Å². The molecule has 1 aliphatic rings. The van der Waals surface area contributed by atoms with Crippen LogP contribution in [0.4, 0.5) is 5.69 Å². The van der Waals surface area contributed by atoms with Crippen molar-refractivity contribution in [1.82, 2.24) is 0 Å². The third-order valence-corrected chi connectivity index (χ3v) is 4.53. The number of hydrogen-bond acceptors (Lipinski definition) is 4. The summed E-state index contributed by atoms with van der Waals surface area (Å²) in [5, 5.41) is 10.6. The van der Waals surface area contributed by atoms with Gasteiger partial charge in [0.1, 0.15) is 4.51 Å². The Bertz CT molecular complexity index is 541. The van der Waals surface area contributed by atoms with Crippen molar-refractivity contribution >= 4 is 33.4 Å². The zero-order valence-corrected chi connectivity index (χ0v) is 12.6. The molecule has 0 saturated heterocycles. The molecule has 100 valence electrons. The van der Waals surface area contributed by atoms with E-state index in [4.69, 9.17) is 4.74 Å². The lowest BCUT2D eigenvalue weighted by atomic mass is 10.1. The number of nitro benzene ring substituents is 1. The number of allylic oxidation sites excluding steroid dienone is 1. The van der Waals surface area contributed by atoms with Crippen molar-refractivity contribution in [2.75, 3.05) is 7.11 Å². The summed E-state index contributed by atoms with van der Waals surface area (Å²) in [5.41, 5.74) is 0.101. The number of ether oxygens (including phenoxy) is 1. The fourth-order valence-corrected chi connectivity index (χ4v) is 3.18. The molecule has 0 aromatic heterocycles. The lowest BCUT2D eigenvalue weighted by molar-refractivity contribution is -0.384. The quantitative estimate of drug-likeness (QED) is 0.466. The van der Waals surface area contributed by atoms with E-state index in [1.807, 2.05) is 18.2 Å². The molecule has 0 heterocycles. The molecular weight excluding hydrogens is 330 g/mol. The summed E-state index contributed by atoms with van der Waals surface area (Å²) in [7, 11) is 1.65. The maximum absolute atomic E-state index is 10.6. The molecule has 0 bridgehead atoms. The zero-order chi connectivity index (χ0) is 13.9. The summed E-state index contributed by atoms with van der Waals surface area (Å²) >= 11 is 5.07. The second-order valence-corrected chi connectivity index (χ2v) is 6.49. The van der Waals surface area contributed by atoms with E-state index >= 15 is 0 Å². The first-order valence-corrected chi connectivity index (χ1v) is 7.19. The summed E-state index contributed by atoms with van der Waals surface area (Å²) in [6.07, 6.45) is 6.82. The predicted octanol–water partition coefficient (Wildman–Crippen LogP) is 4.27. The highest BCUT2D eigenvalue weighted by Crippen LogP contribution is 2.37. The molecule has 0 fully saturated rings. The number of methoxy groups -OCH3 is 1. The molecule has 1 aromatic rings. The molecule has 6 heteroatoms. The van der Waals surface area contributed by atoms with E-state index < -0.39 is 9.43 Å². The minimum Gasteiger partial charge on any atom is -0.363 e. The lowest BCUT2D eigenvalue weighted by Crippen LogP contribution is -2.21. The molecule has 1 unspecified atom stereocenters. The van der Waals surface area contributed by atoms with E-state index in [9.17, 15) is 10.1 Å². The lowest BCUT2D eigenvalue weighted by Gasteiger charge is -2.24. The Morgan fingerprint density at radius 2 is 2.11 bits per heavy atom. The van der Waals surface area contributed by atoms with Crippen LogP contribution in [0, 0.1) is 10.1 Å². The van der Waals surface area contributed by atoms with E-state index in [-0.39, 0.29) is 5.69 Å². The summed E-state index contributed by atoms with van der Waals surface area (Å²) in [4.78, 5) is 12.2. The highest BCUT2D eigenvalue weighted by Gasteiger charge is 2.24. The van der Waals surface area contributed by atoms with Crippen molar-refractivity contribution in [3.05, 3.63) is 57.5 Å². The molecule has 1 aromatic carbocycles. The van der Waals surface area contributed by atoms with Crippen LogP contribution in [0.2, 0.25) is 0 Å². The number of rotatable bonds is 4. The highest BCUT2D eigenvalue weighted by molar-refractivity contribution is 9.10. The number of hydrogen-bond donors (Lipinski definition) is 0. The number of alkyl halides is 1. The first-order chi connectivity index (χ1) is 9.02. The van der Waals surface area contributed by atoms with Gasteiger partial charge in [0.15, 0.2) is 0 Å². The number of benzene rings is 1. The number of halogens is 1. The molecule has 0 saturated carbocycles. The molecule has 0 amide bonds. The Morgan fingerprint density at radius 1 is 1.42 bits per heavy atom. The van der Waals surface area contributed by atoms with Gasteiger partial charge in [-0.3, -0.25) is 10.1 Å². The van der Waals surface area contributed by atoms with Gasteiger partial charge in [0.2, 0.25) is 0 Å². The fraction of sp³-hybridized carbons (Fsp3) is 0.231. The molecule has 0 radical (unpaired) electrons. The first kappa shape index (κ1) is 14.3. The third-order valence-electron chi connectivity index (χ3n) is 2.66. The minimum atomic E-state index is -0.454. The standard InChI is InChI=1S/C13H12BrNO3S/c1-18-13(14)8-2-3-12(9-13)19-11-6-4-10(5-7-11)15(16)17/h2-7,9H,8H2,1H3. The number of non-ortho nitro benzene ring substituents is 1. The fourth-order valence-electron chi connectivity index (χ4n) is 1.63. The summed E-state index contributed by atoms with van der Waals surface area (Å²) in [6.45, 7) is 0. The van der Waals surface area contributed by atoms with Crippen LogP contribution in [0.25, 0.3) is 0 Å². The molecule has 4 nitrogen and oxygen atoms in total. The van der Waals surface area contributed by atoms with Gasteiger partial charge in [-0.15, -0.1) is 0 Å². The Labute approximate surface area is 123 Å². The SMILES string of the molecule is COC1(Br)C=C(Sc2ccc([N+](=O)[O-])cc2)C=CC1. The van der Waals surface area contributed by atoms with Gasteiger partial charge in [-0.05, 0) is 34.1 Å². The summed E-state index contributed by atoms with van der Waals surface area (Å²) < 4.78 is 4.93. The van der Waals surface area contributed by atoms with Gasteiger partial charge in [0.25, 0.3) is 5.69 Å². The number of nitrogens with zero attached hydrogens (tertiary/aromatic N) is 1. The van der Waals surface area contributed by atoms with Crippen LogP contribution in [0.15, 0.2) is 52.3 Å². The van der Waals surface area contributed by atoms with Crippen LogP contribution in [0.5, 0.6) is 0 Å². The minimum absolute atomic E-state index is 0.101. The van der Waals surface area contributed by atoms with Gasteiger partial charge in [0.05, 0.1) is 4.92 Å². The Morgan fingerprint density at radius 3 is 2.68 bits per heavy atom. The average molecular weight is 342 g/mol. The Hall–Kier alpha value is -1.11. The molecule has 0 N–H and O–H groups in total. The maximum atomic E-state index is 10.6. The third kappa shape index (κ3) is 3.68. The van der Waals surface area contributed by atoms with Crippen LogP contribution >= 0.6 is 27.7 Å². The second kappa shape index (κ2) is 5.90. The van der Waals surface area contributed by atoms with Crippen LogP contribution in [-0.4, -0.2) is 16.5 Å².